The summed E-state index contributed by atoms with van der Waals surface area (Å²) < 4.78 is 4.99. The average molecular weight is 234 g/mol. The maximum atomic E-state index is 11.8. The van der Waals surface area contributed by atoms with Gasteiger partial charge >= 0.3 is 0 Å². The number of aromatic amines is 1. The average Bonchev–Trinajstić information content (AvgIpc) is 2.88. The molecule has 0 aliphatic rings. The van der Waals surface area contributed by atoms with Gasteiger partial charge in [0.1, 0.15) is 0 Å². The zero-order chi connectivity index (χ0) is 12.3. The lowest BCUT2D eigenvalue weighted by Crippen LogP contribution is -2.12. The first kappa shape index (κ1) is 11.4. The van der Waals surface area contributed by atoms with Crippen molar-refractivity contribution in [3.63, 3.8) is 0 Å². The fourth-order valence-corrected chi connectivity index (χ4v) is 1.52. The van der Waals surface area contributed by atoms with Crippen molar-refractivity contribution < 1.29 is 9.21 Å². The minimum Gasteiger partial charge on any atom is -0.438 e. The predicted octanol–water partition coefficient (Wildman–Crippen LogP) is 1.91. The highest BCUT2D eigenvalue weighted by atomic mass is 16.3. The quantitative estimate of drug-likeness (QED) is 0.846. The molecular formula is C11H14N4O2. The number of hydrogen-bond acceptors (Lipinski definition) is 4. The lowest BCUT2D eigenvalue weighted by Gasteiger charge is -1.97. The van der Waals surface area contributed by atoms with Crippen LogP contribution in [0.5, 0.6) is 0 Å². The molecule has 2 N–H and O–H groups in total. The number of aryl methyl sites for hydroxylation is 2. The molecule has 0 aromatic carbocycles. The van der Waals surface area contributed by atoms with E-state index in [0.717, 1.165) is 18.5 Å². The Kier molecular flexibility index (Phi) is 3.22. The van der Waals surface area contributed by atoms with E-state index in [2.05, 4.69) is 27.4 Å². The van der Waals surface area contributed by atoms with Crippen LogP contribution in [0.15, 0.2) is 16.9 Å². The zero-order valence-electron chi connectivity index (χ0n) is 9.78. The lowest BCUT2D eigenvalue weighted by atomic mass is 10.2. The van der Waals surface area contributed by atoms with Gasteiger partial charge in [0.05, 0.1) is 5.69 Å². The second-order valence-corrected chi connectivity index (χ2v) is 3.75. The van der Waals surface area contributed by atoms with Crippen LogP contribution in [-0.2, 0) is 6.42 Å². The van der Waals surface area contributed by atoms with Crippen LogP contribution in [0, 0.1) is 6.92 Å². The summed E-state index contributed by atoms with van der Waals surface area (Å²) >= 11 is 0. The van der Waals surface area contributed by atoms with E-state index < -0.39 is 0 Å². The Labute approximate surface area is 98.4 Å². The Balaban J connectivity index is 2.05. The first-order valence-electron chi connectivity index (χ1n) is 5.46. The Morgan fingerprint density at radius 1 is 1.59 bits per heavy atom. The maximum absolute atomic E-state index is 11.8. The van der Waals surface area contributed by atoms with Gasteiger partial charge in [-0.15, -0.1) is 0 Å². The summed E-state index contributed by atoms with van der Waals surface area (Å²) in [5.41, 5.74) is 1.56. The Bertz CT molecular complexity index is 515. The molecule has 0 radical (unpaired) electrons. The predicted molar refractivity (Wildman–Crippen MR) is 61.8 cm³/mol. The van der Waals surface area contributed by atoms with Crippen LogP contribution in [-0.4, -0.2) is 21.1 Å². The van der Waals surface area contributed by atoms with Crippen LogP contribution in [0.1, 0.15) is 35.3 Å². The molecular weight excluding hydrogens is 220 g/mol. The summed E-state index contributed by atoms with van der Waals surface area (Å²) in [6, 6.07) is 1.81. The monoisotopic (exact) mass is 234 g/mol. The van der Waals surface area contributed by atoms with Gasteiger partial charge in [-0.2, -0.15) is 5.10 Å². The molecule has 17 heavy (non-hydrogen) atoms. The highest BCUT2D eigenvalue weighted by Crippen LogP contribution is 2.11. The highest BCUT2D eigenvalue weighted by molar-refractivity contribution is 6.02. The molecule has 0 bridgehead atoms. The Morgan fingerprint density at radius 3 is 3.06 bits per heavy atom. The molecule has 1 amide bonds. The number of amides is 1. The number of aromatic nitrogens is 3. The van der Waals surface area contributed by atoms with E-state index in [1.54, 1.807) is 6.92 Å². The van der Waals surface area contributed by atoms with Crippen molar-refractivity contribution in [1.82, 2.24) is 15.2 Å². The van der Waals surface area contributed by atoms with Crippen molar-refractivity contribution in [1.29, 1.82) is 0 Å². The summed E-state index contributed by atoms with van der Waals surface area (Å²) in [4.78, 5) is 15.6. The van der Waals surface area contributed by atoms with E-state index in [1.165, 1.54) is 6.39 Å². The number of H-pyrrole nitrogens is 1. The number of nitrogens with one attached hydrogen (secondary N) is 2. The van der Waals surface area contributed by atoms with Crippen LogP contribution in [0.25, 0.3) is 0 Å². The van der Waals surface area contributed by atoms with Crippen molar-refractivity contribution in [3.8, 4) is 0 Å². The van der Waals surface area contributed by atoms with Crippen LogP contribution in [0.4, 0.5) is 5.82 Å². The Hall–Kier alpha value is -2.11. The number of nitrogens with zero attached hydrogens (tertiary/aromatic N) is 2. The molecule has 0 fully saturated rings. The zero-order valence-corrected chi connectivity index (χ0v) is 9.78. The number of anilines is 1. The number of carbonyl (C=O) groups is 1. The van der Waals surface area contributed by atoms with Crippen LogP contribution in [0.2, 0.25) is 0 Å². The van der Waals surface area contributed by atoms with Gasteiger partial charge in [0.2, 0.25) is 5.76 Å². The van der Waals surface area contributed by atoms with E-state index in [9.17, 15) is 4.79 Å². The van der Waals surface area contributed by atoms with Gasteiger partial charge in [-0.25, -0.2) is 4.98 Å². The molecule has 6 heteroatoms. The first-order chi connectivity index (χ1) is 8.20. The largest absolute Gasteiger partial charge is 0.438 e. The van der Waals surface area contributed by atoms with Crippen molar-refractivity contribution in [3.05, 3.63) is 29.6 Å². The molecule has 0 saturated heterocycles. The normalized spacial score (nSPS) is 10.5. The summed E-state index contributed by atoms with van der Waals surface area (Å²) in [7, 11) is 0. The fraction of sp³-hybridized carbons (Fsp3) is 0.364. The van der Waals surface area contributed by atoms with Gasteiger partial charge in [-0.3, -0.25) is 9.89 Å². The summed E-state index contributed by atoms with van der Waals surface area (Å²) in [5.74, 6) is 0.369. The van der Waals surface area contributed by atoms with Crippen molar-refractivity contribution in [2.45, 2.75) is 26.7 Å². The smallest absolute Gasteiger partial charge is 0.294 e. The van der Waals surface area contributed by atoms with Crippen molar-refractivity contribution in [2.24, 2.45) is 0 Å². The molecule has 0 atom stereocenters. The molecule has 0 spiro atoms. The minimum absolute atomic E-state index is 0.213. The number of carbonyl (C=O) groups excluding carboxylic acids is 1. The second-order valence-electron chi connectivity index (χ2n) is 3.75. The first-order valence-corrected chi connectivity index (χ1v) is 5.46. The van der Waals surface area contributed by atoms with E-state index in [0.29, 0.717) is 11.5 Å². The molecule has 0 unspecified atom stereocenters. The van der Waals surface area contributed by atoms with Crippen LogP contribution < -0.4 is 5.32 Å². The van der Waals surface area contributed by atoms with E-state index in [4.69, 9.17) is 4.42 Å². The standard InChI is InChI=1S/C11H14N4O2/c1-3-4-8-5-9(15-14-8)13-11(16)10-7(2)12-6-17-10/h5-6H,3-4H2,1-2H3,(H2,13,14,15,16). The van der Waals surface area contributed by atoms with Crippen LogP contribution >= 0.6 is 0 Å². The van der Waals surface area contributed by atoms with Gasteiger partial charge in [-0.05, 0) is 13.3 Å². The van der Waals surface area contributed by atoms with Crippen molar-refractivity contribution in [2.75, 3.05) is 5.32 Å². The van der Waals surface area contributed by atoms with Gasteiger partial charge < -0.3 is 9.73 Å². The van der Waals surface area contributed by atoms with E-state index in [-0.39, 0.29) is 11.7 Å². The lowest BCUT2D eigenvalue weighted by molar-refractivity contribution is 0.0995. The van der Waals surface area contributed by atoms with Gasteiger partial charge in [0, 0.05) is 11.8 Å². The van der Waals surface area contributed by atoms with Gasteiger partial charge in [-0.1, -0.05) is 13.3 Å². The van der Waals surface area contributed by atoms with Gasteiger partial charge in [0.25, 0.3) is 5.91 Å². The molecule has 2 aromatic rings. The summed E-state index contributed by atoms with van der Waals surface area (Å²) in [6.45, 7) is 3.79. The van der Waals surface area contributed by atoms with Gasteiger partial charge in [0.15, 0.2) is 12.2 Å². The fourth-order valence-electron chi connectivity index (χ4n) is 1.52. The molecule has 6 nitrogen and oxygen atoms in total. The third kappa shape index (κ3) is 2.52. The summed E-state index contributed by atoms with van der Waals surface area (Å²) in [6.07, 6.45) is 3.18. The molecule has 90 valence electrons. The third-order valence-electron chi connectivity index (χ3n) is 2.34. The molecule has 2 rings (SSSR count). The van der Waals surface area contributed by atoms with Crippen molar-refractivity contribution >= 4 is 11.7 Å². The number of hydrogen-bond donors (Lipinski definition) is 2. The van der Waals surface area contributed by atoms with E-state index >= 15 is 0 Å². The SMILES string of the molecule is CCCc1cc(NC(=O)c2ocnc2C)n[nH]1. The minimum atomic E-state index is -0.338. The molecule has 2 heterocycles. The molecule has 0 aliphatic heterocycles. The van der Waals surface area contributed by atoms with E-state index in [1.807, 2.05) is 6.07 Å². The number of oxazole rings is 1. The highest BCUT2D eigenvalue weighted by Gasteiger charge is 2.15. The maximum Gasteiger partial charge on any atom is 0.294 e. The molecule has 0 saturated carbocycles. The topological polar surface area (TPSA) is 83.8 Å². The van der Waals surface area contributed by atoms with Crippen LogP contribution in [0.3, 0.4) is 0 Å². The summed E-state index contributed by atoms with van der Waals surface area (Å²) in [5, 5.41) is 9.51. The number of rotatable bonds is 4. The second kappa shape index (κ2) is 4.82. The molecule has 0 aliphatic carbocycles. The molecule has 2 aromatic heterocycles. The Morgan fingerprint density at radius 2 is 2.41 bits per heavy atom. The third-order valence-corrected chi connectivity index (χ3v) is 2.34.